The highest BCUT2D eigenvalue weighted by molar-refractivity contribution is 5.95. The van der Waals surface area contributed by atoms with Gasteiger partial charge in [-0.15, -0.1) is 0 Å². The number of benzene rings is 2. The molecule has 2 aliphatic heterocycles. The molecular formula is C20H22N2O2. The summed E-state index contributed by atoms with van der Waals surface area (Å²) < 4.78 is 6.31. The third kappa shape index (κ3) is 2.67. The Kier molecular flexibility index (Phi) is 3.77. The molecule has 0 aliphatic carbocycles. The van der Waals surface area contributed by atoms with E-state index in [0.29, 0.717) is 0 Å². The van der Waals surface area contributed by atoms with Crippen LogP contribution >= 0.6 is 0 Å². The molecule has 1 fully saturated rings. The molecule has 2 N–H and O–H groups in total. The van der Waals surface area contributed by atoms with E-state index in [1.165, 1.54) is 0 Å². The number of aryl methyl sites for hydroxylation is 1. The zero-order valence-corrected chi connectivity index (χ0v) is 13.8. The summed E-state index contributed by atoms with van der Waals surface area (Å²) in [6.45, 7) is 3.76. The number of hydrogen-bond donors (Lipinski definition) is 2. The summed E-state index contributed by atoms with van der Waals surface area (Å²) >= 11 is 0. The van der Waals surface area contributed by atoms with Crippen LogP contribution in [0.5, 0.6) is 5.75 Å². The molecule has 0 radical (unpaired) electrons. The van der Waals surface area contributed by atoms with Crippen molar-refractivity contribution in [2.24, 2.45) is 0 Å². The van der Waals surface area contributed by atoms with Gasteiger partial charge in [-0.05, 0) is 31.2 Å². The molecule has 4 heteroatoms. The minimum Gasteiger partial charge on any atom is -0.485 e. The van der Waals surface area contributed by atoms with Crippen molar-refractivity contribution in [3.05, 3.63) is 65.2 Å². The molecule has 2 heterocycles. The van der Waals surface area contributed by atoms with Crippen molar-refractivity contribution in [1.29, 1.82) is 0 Å². The lowest BCUT2D eigenvalue weighted by molar-refractivity contribution is 0.0474. The maximum absolute atomic E-state index is 12.8. The first kappa shape index (κ1) is 15.2. The van der Waals surface area contributed by atoms with Crippen LogP contribution in [-0.2, 0) is 0 Å². The summed E-state index contributed by atoms with van der Waals surface area (Å²) in [6, 6.07) is 15.7. The van der Waals surface area contributed by atoms with E-state index in [2.05, 4.69) is 10.6 Å². The van der Waals surface area contributed by atoms with E-state index >= 15 is 0 Å². The van der Waals surface area contributed by atoms with Crippen LogP contribution in [0.15, 0.2) is 48.5 Å². The van der Waals surface area contributed by atoms with Crippen LogP contribution in [0, 0.1) is 6.92 Å². The standard InChI is InChI=1S/C20H22N2O2/c1-14-6-2-3-7-15(14)19(23)22-17-12-20(10-11-21-13-20)24-18-9-5-4-8-16(17)18/h2-9,17,21H,10-13H2,1H3,(H,22,23). The molecule has 2 atom stereocenters. The van der Waals surface area contributed by atoms with Gasteiger partial charge < -0.3 is 15.4 Å². The molecule has 4 nitrogen and oxygen atoms in total. The van der Waals surface area contributed by atoms with E-state index in [1.807, 2.05) is 55.5 Å². The first-order valence-corrected chi connectivity index (χ1v) is 8.52. The van der Waals surface area contributed by atoms with Gasteiger partial charge in [0.05, 0.1) is 6.04 Å². The van der Waals surface area contributed by atoms with Gasteiger partial charge in [0.1, 0.15) is 11.4 Å². The summed E-state index contributed by atoms with van der Waals surface area (Å²) in [7, 11) is 0. The van der Waals surface area contributed by atoms with Crippen molar-refractivity contribution in [3.8, 4) is 5.75 Å². The molecule has 2 aromatic carbocycles. The minimum atomic E-state index is -0.210. The van der Waals surface area contributed by atoms with Crippen LogP contribution in [0.25, 0.3) is 0 Å². The highest BCUT2D eigenvalue weighted by Crippen LogP contribution is 2.42. The molecule has 1 spiro atoms. The van der Waals surface area contributed by atoms with Gasteiger partial charge in [-0.3, -0.25) is 4.79 Å². The molecule has 24 heavy (non-hydrogen) atoms. The van der Waals surface area contributed by atoms with E-state index < -0.39 is 0 Å². The van der Waals surface area contributed by atoms with Crippen LogP contribution in [0.1, 0.15) is 40.4 Å². The SMILES string of the molecule is Cc1ccccc1C(=O)NC1CC2(CCNC2)Oc2ccccc21. The number of para-hydroxylation sites is 1. The zero-order valence-electron chi connectivity index (χ0n) is 13.8. The fraction of sp³-hybridized carbons (Fsp3) is 0.350. The zero-order chi connectivity index (χ0) is 16.6. The van der Waals surface area contributed by atoms with E-state index in [-0.39, 0.29) is 17.6 Å². The Morgan fingerprint density at radius 3 is 2.79 bits per heavy atom. The van der Waals surface area contributed by atoms with Crippen molar-refractivity contribution in [2.45, 2.75) is 31.4 Å². The molecule has 2 aromatic rings. The summed E-state index contributed by atoms with van der Waals surface area (Å²) in [5.41, 5.74) is 2.59. The largest absolute Gasteiger partial charge is 0.485 e. The van der Waals surface area contributed by atoms with Gasteiger partial charge in [-0.2, -0.15) is 0 Å². The average molecular weight is 322 g/mol. The number of hydrogen-bond acceptors (Lipinski definition) is 3. The Morgan fingerprint density at radius 2 is 2.00 bits per heavy atom. The van der Waals surface area contributed by atoms with E-state index in [9.17, 15) is 4.79 Å². The van der Waals surface area contributed by atoms with Gasteiger partial charge in [0, 0.05) is 30.5 Å². The number of carbonyl (C=O) groups is 1. The van der Waals surface area contributed by atoms with Crippen LogP contribution in [0.4, 0.5) is 0 Å². The van der Waals surface area contributed by atoms with Gasteiger partial charge >= 0.3 is 0 Å². The Morgan fingerprint density at radius 1 is 1.21 bits per heavy atom. The Labute approximate surface area is 142 Å². The minimum absolute atomic E-state index is 0.0177. The van der Waals surface area contributed by atoms with E-state index in [4.69, 9.17) is 4.74 Å². The van der Waals surface area contributed by atoms with Gasteiger partial charge in [0.2, 0.25) is 0 Å². The lowest BCUT2D eigenvalue weighted by Gasteiger charge is -2.39. The third-order valence-corrected chi connectivity index (χ3v) is 5.10. The van der Waals surface area contributed by atoms with Crippen molar-refractivity contribution in [3.63, 3.8) is 0 Å². The summed E-state index contributed by atoms with van der Waals surface area (Å²) in [5, 5.41) is 6.63. The van der Waals surface area contributed by atoms with E-state index in [1.54, 1.807) is 0 Å². The number of nitrogens with one attached hydrogen (secondary N) is 2. The molecule has 0 aromatic heterocycles. The molecule has 2 aliphatic rings. The van der Waals surface area contributed by atoms with Crippen molar-refractivity contribution in [1.82, 2.24) is 10.6 Å². The second-order valence-corrected chi connectivity index (χ2v) is 6.79. The second-order valence-electron chi connectivity index (χ2n) is 6.79. The molecule has 2 unspecified atom stereocenters. The maximum atomic E-state index is 12.8. The second kappa shape index (κ2) is 5.95. The highest BCUT2D eigenvalue weighted by atomic mass is 16.5. The number of rotatable bonds is 2. The Hall–Kier alpha value is -2.33. The van der Waals surface area contributed by atoms with Crippen molar-refractivity contribution in [2.75, 3.05) is 13.1 Å². The third-order valence-electron chi connectivity index (χ3n) is 5.10. The van der Waals surface area contributed by atoms with Crippen LogP contribution in [0.3, 0.4) is 0 Å². The predicted molar refractivity (Wildman–Crippen MR) is 93.3 cm³/mol. The Bertz CT molecular complexity index is 766. The normalized spacial score (nSPS) is 25.1. The van der Waals surface area contributed by atoms with Gasteiger partial charge in [0.15, 0.2) is 0 Å². The number of carbonyl (C=O) groups excluding carboxylic acids is 1. The molecule has 1 saturated heterocycles. The Balaban J connectivity index is 1.64. The number of ether oxygens (including phenoxy) is 1. The molecule has 0 bridgehead atoms. The fourth-order valence-electron chi connectivity index (χ4n) is 3.79. The summed E-state index contributed by atoms with van der Waals surface area (Å²) in [4.78, 5) is 12.8. The summed E-state index contributed by atoms with van der Waals surface area (Å²) in [5.74, 6) is 0.874. The van der Waals surface area contributed by atoms with Crippen molar-refractivity contribution < 1.29 is 9.53 Å². The van der Waals surface area contributed by atoms with Crippen LogP contribution in [0.2, 0.25) is 0 Å². The van der Waals surface area contributed by atoms with Crippen LogP contribution in [-0.4, -0.2) is 24.6 Å². The average Bonchev–Trinajstić information content (AvgIpc) is 3.02. The topological polar surface area (TPSA) is 50.4 Å². The maximum Gasteiger partial charge on any atom is 0.252 e. The van der Waals surface area contributed by atoms with Crippen molar-refractivity contribution >= 4 is 5.91 Å². The quantitative estimate of drug-likeness (QED) is 0.894. The predicted octanol–water partition coefficient (Wildman–Crippen LogP) is 2.98. The monoisotopic (exact) mass is 322 g/mol. The van der Waals surface area contributed by atoms with Gasteiger partial charge in [-0.1, -0.05) is 36.4 Å². The lowest BCUT2D eigenvalue weighted by Crippen LogP contribution is -2.46. The van der Waals surface area contributed by atoms with Gasteiger partial charge in [0.25, 0.3) is 5.91 Å². The summed E-state index contributed by atoms with van der Waals surface area (Å²) in [6.07, 6.45) is 1.77. The first-order chi connectivity index (χ1) is 11.7. The fourth-order valence-corrected chi connectivity index (χ4v) is 3.79. The molecule has 1 amide bonds. The first-order valence-electron chi connectivity index (χ1n) is 8.52. The highest BCUT2D eigenvalue weighted by Gasteiger charge is 2.43. The van der Waals surface area contributed by atoms with Crippen LogP contribution < -0.4 is 15.4 Å². The molecule has 0 saturated carbocycles. The van der Waals surface area contributed by atoms with Gasteiger partial charge in [-0.25, -0.2) is 0 Å². The molecule has 124 valence electrons. The molecular weight excluding hydrogens is 300 g/mol. The smallest absolute Gasteiger partial charge is 0.252 e. The van der Waals surface area contributed by atoms with E-state index in [0.717, 1.165) is 48.4 Å². The number of fused-ring (bicyclic) bond motifs is 1. The lowest BCUT2D eigenvalue weighted by atomic mass is 9.86. The number of amides is 1. The molecule has 4 rings (SSSR count).